The van der Waals surface area contributed by atoms with Gasteiger partial charge in [0.2, 0.25) is 0 Å². The molecule has 0 saturated carbocycles. The van der Waals surface area contributed by atoms with Gasteiger partial charge in [0.1, 0.15) is 0 Å². The highest BCUT2D eigenvalue weighted by Crippen LogP contribution is 2.11. The Hall–Kier alpha value is 0.400. The number of rotatable bonds is 14. The molecule has 20 heavy (non-hydrogen) atoms. The van der Waals surface area contributed by atoms with Gasteiger partial charge in [0.25, 0.3) is 0 Å². The van der Waals surface area contributed by atoms with Gasteiger partial charge in [-0.1, -0.05) is 58.3 Å². The Balaban J connectivity index is 0. The molecule has 0 bridgehead atoms. The SMILES string of the molecule is CCCCCCCCCCCC[N+](C)(C)CCCO.[Br-]. The lowest BCUT2D eigenvalue weighted by molar-refractivity contribution is -0.890. The Labute approximate surface area is 138 Å². The minimum absolute atomic E-state index is 0. The molecule has 0 heterocycles. The molecule has 0 aliphatic rings. The van der Waals surface area contributed by atoms with E-state index in [0.29, 0.717) is 6.61 Å². The number of nitrogens with zero attached hydrogens (tertiary/aromatic N) is 1. The van der Waals surface area contributed by atoms with Crippen molar-refractivity contribution in [3.05, 3.63) is 0 Å². The van der Waals surface area contributed by atoms with Crippen LogP contribution in [-0.2, 0) is 0 Å². The first-order valence-electron chi connectivity index (χ1n) is 8.55. The van der Waals surface area contributed by atoms with E-state index < -0.39 is 0 Å². The third kappa shape index (κ3) is 16.5. The van der Waals surface area contributed by atoms with Crippen LogP contribution in [0.1, 0.15) is 77.6 Å². The van der Waals surface area contributed by atoms with Gasteiger partial charge in [0.05, 0.1) is 27.2 Å². The Morgan fingerprint density at radius 2 is 1.05 bits per heavy atom. The minimum Gasteiger partial charge on any atom is -1.00 e. The van der Waals surface area contributed by atoms with Crippen LogP contribution in [-0.4, -0.2) is 43.4 Å². The first-order valence-corrected chi connectivity index (χ1v) is 8.55. The van der Waals surface area contributed by atoms with E-state index in [4.69, 9.17) is 5.11 Å². The quantitative estimate of drug-likeness (QED) is 0.370. The third-order valence-corrected chi connectivity index (χ3v) is 4.04. The van der Waals surface area contributed by atoms with Crippen molar-refractivity contribution in [3.63, 3.8) is 0 Å². The molecular weight excluding hydrogens is 314 g/mol. The van der Waals surface area contributed by atoms with E-state index in [-0.39, 0.29) is 17.0 Å². The molecule has 0 atom stereocenters. The lowest BCUT2D eigenvalue weighted by Crippen LogP contribution is -3.00. The number of unbranched alkanes of at least 4 members (excludes halogenated alkanes) is 9. The normalized spacial score (nSPS) is 11.4. The molecule has 0 aliphatic heterocycles. The molecule has 3 heteroatoms. The zero-order valence-corrected chi connectivity index (χ0v) is 15.8. The average Bonchev–Trinajstić information content (AvgIpc) is 2.38. The molecule has 0 aromatic rings. The maximum absolute atomic E-state index is 8.87. The molecule has 0 amide bonds. The molecule has 2 nitrogen and oxygen atoms in total. The summed E-state index contributed by atoms with van der Waals surface area (Å²) < 4.78 is 1.07. The monoisotopic (exact) mass is 351 g/mol. The average molecular weight is 352 g/mol. The van der Waals surface area contributed by atoms with Gasteiger partial charge in [0, 0.05) is 13.0 Å². The Kier molecular flexibility index (Phi) is 17.9. The summed E-state index contributed by atoms with van der Waals surface area (Å²) >= 11 is 0. The second kappa shape index (κ2) is 15.8. The van der Waals surface area contributed by atoms with Gasteiger partial charge in [-0.3, -0.25) is 0 Å². The van der Waals surface area contributed by atoms with Crippen LogP contribution in [0.5, 0.6) is 0 Å². The van der Waals surface area contributed by atoms with Gasteiger partial charge in [-0.15, -0.1) is 0 Å². The van der Waals surface area contributed by atoms with Gasteiger partial charge in [-0.05, 0) is 12.8 Å². The third-order valence-electron chi connectivity index (χ3n) is 4.04. The summed E-state index contributed by atoms with van der Waals surface area (Å²) in [6.45, 7) is 4.98. The Morgan fingerprint density at radius 3 is 1.50 bits per heavy atom. The molecule has 0 aliphatic carbocycles. The van der Waals surface area contributed by atoms with Crippen molar-refractivity contribution in [2.24, 2.45) is 0 Å². The molecule has 0 aromatic carbocycles. The predicted molar refractivity (Wildman–Crippen MR) is 85.4 cm³/mol. The number of hydrogen-bond acceptors (Lipinski definition) is 1. The van der Waals surface area contributed by atoms with Crippen LogP contribution in [0.2, 0.25) is 0 Å². The topological polar surface area (TPSA) is 20.2 Å². The second-order valence-electron chi connectivity index (χ2n) is 6.64. The molecular formula is C17H38BrNO. The summed E-state index contributed by atoms with van der Waals surface area (Å²) in [5.41, 5.74) is 0. The summed E-state index contributed by atoms with van der Waals surface area (Å²) in [6, 6.07) is 0. The van der Waals surface area contributed by atoms with E-state index in [0.717, 1.165) is 17.4 Å². The summed E-state index contributed by atoms with van der Waals surface area (Å²) in [7, 11) is 4.56. The van der Waals surface area contributed by atoms with Gasteiger partial charge < -0.3 is 26.6 Å². The Morgan fingerprint density at radius 1 is 0.650 bits per heavy atom. The zero-order chi connectivity index (χ0) is 14.4. The molecule has 0 rings (SSSR count). The van der Waals surface area contributed by atoms with E-state index in [1.165, 1.54) is 70.8 Å². The van der Waals surface area contributed by atoms with Crippen LogP contribution in [0.3, 0.4) is 0 Å². The fourth-order valence-electron chi connectivity index (χ4n) is 2.64. The first-order chi connectivity index (χ1) is 9.12. The van der Waals surface area contributed by atoms with Crippen LogP contribution in [0.25, 0.3) is 0 Å². The fourth-order valence-corrected chi connectivity index (χ4v) is 2.64. The number of quaternary nitrogens is 1. The van der Waals surface area contributed by atoms with Crippen molar-refractivity contribution < 1.29 is 26.6 Å². The Bertz CT molecular complexity index is 186. The van der Waals surface area contributed by atoms with Crippen molar-refractivity contribution in [1.29, 1.82) is 0 Å². The molecule has 0 fully saturated rings. The molecule has 124 valence electrons. The molecule has 0 radical (unpaired) electrons. The predicted octanol–water partition coefficient (Wildman–Crippen LogP) is 1.37. The van der Waals surface area contributed by atoms with Gasteiger partial charge >= 0.3 is 0 Å². The van der Waals surface area contributed by atoms with E-state index in [9.17, 15) is 0 Å². The smallest absolute Gasteiger partial charge is 0.0804 e. The summed E-state index contributed by atoms with van der Waals surface area (Å²) in [6.07, 6.45) is 15.0. The molecule has 0 aromatic heterocycles. The van der Waals surface area contributed by atoms with Crippen molar-refractivity contribution in [3.8, 4) is 0 Å². The summed E-state index contributed by atoms with van der Waals surface area (Å²) in [4.78, 5) is 0. The summed E-state index contributed by atoms with van der Waals surface area (Å²) in [5.74, 6) is 0. The second-order valence-corrected chi connectivity index (χ2v) is 6.64. The first kappa shape index (κ1) is 22.7. The largest absolute Gasteiger partial charge is 1.00 e. The van der Waals surface area contributed by atoms with Crippen LogP contribution in [0, 0.1) is 0 Å². The number of aliphatic hydroxyl groups excluding tert-OH is 1. The van der Waals surface area contributed by atoms with Crippen LogP contribution >= 0.6 is 0 Å². The van der Waals surface area contributed by atoms with E-state index >= 15 is 0 Å². The molecule has 0 saturated heterocycles. The molecule has 1 N–H and O–H groups in total. The van der Waals surface area contributed by atoms with Gasteiger partial charge in [-0.2, -0.15) is 0 Å². The maximum atomic E-state index is 8.87. The van der Waals surface area contributed by atoms with E-state index in [1.807, 2.05) is 0 Å². The zero-order valence-electron chi connectivity index (χ0n) is 14.2. The number of hydrogen-bond donors (Lipinski definition) is 1. The maximum Gasteiger partial charge on any atom is 0.0804 e. The number of halogens is 1. The lowest BCUT2D eigenvalue weighted by Gasteiger charge is -2.29. The molecule has 0 unspecified atom stereocenters. The van der Waals surface area contributed by atoms with Crippen molar-refractivity contribution in [1.82, 2.24) is 0 Å². The minimum atomic E-state index is 0. The van der Waals surface area contributed by atoms with Gasteiger partial charge in [-0.25, -0.2) is 0 Å². The highest BCUT2D eigenvalue weighted by Gasteiger charge is 2.12. The number of aliphatic hydroxyl groups is 1. The molecule has 0 spiro atoms. The fraction of sp³-hybridized carbons (Fsp3) is 1.00. The van der Waals surface area contributed by atoms with Crippen molar-refractivity contribution in [2.45, 2.75) is 77.6 Å². The van der Waals surface area contributed by atoms with E-state index in [2.05, 4.69) is 21.0 Å². The van der Waals surface area contributed by atoms with Crippen LogP contribution in [0.4, 0.5) is 0 Å². The summed E-state index contributed by atoms with van der Waals surface area (Å²) in [5, 5.41) is 8.87. The highest BCUT2D eigenvalue weighted by molar-refractivity contribution is 4.47. The van der Waals surface area contributed by atoms with Crippen molar-refractivity contribution >= 4 is 0 Å². The van der Waals surface area contributed by atoms with Crippen molar-refractivity contribution in [2.75, 3.05) is 33.8 Å². The van der Waals surface area contributed by atoms with Crippen LogP contribution in [0.15, 0.2) is 0 Å². The lowest BCUT2D eigenvalue weighted by atomic mass is 10.1. The highest BCUT2D eigenvalue weighted by atomic mass is 79.9. The standard InChI is InChI=1S/C17H38NO.BrH/c1-4-5-6-7-8-9-10-11-12-13-15-18(2,3)16-14-17-19;/h19H,4-17H2,1-3H3;1H/q+1;/p-1. The van der Waals surface area contributed by atoms with Gasteiger partial charge in [0.15, 0.2) is 0 Å². The van der Waals surface area contributed by atoms with Crippen LogP contribution < -0.4 is 17.0 Å². The van der Waals surface area contributed by atoms with E-state index in [1.54, 1.807) is 0 Å².